The summed E-state index contributed by atoms with van der Waals surface area (Å²) in [5.41, 5.74) is 0.729. The fourth-order valence-electron chi connectivity index (χ4n) is 2.33. The largest absolute Gasteiger partial charge is 0.339 e. The van der Waals surface area contributed by atoms with E-state index in [1.165, 1.54) is 0 Å². The van der Waals surface area contributed by atoms with Gasteiger partial charge in [0.1, 0.15) is 0 Å². The highest BCUT2D eigenvalue weighted by Crippen LogP contribution is 2.32. The van der Waals surface area contributed by atoms with Crippen molar-refractivity contribution in [2.75, 3.05) is 11.9 Å². The van der Waals surface area contributed by atoms with Crippen LogP contribution in [0.2, 0.25) is 0 Å². The van der Waals surface area contributed by atoms with Crippen molar-refractivity contribution >= 4 is 17.5 Å². The van der Waals surface area contributed by atoms with Crippen molar-refractivity contribution in [2.24, 2.45) is 5.92 Å². The molecule has 1 aliphatic carbocycles. The molecule has 1 aromatic rings. The SMILES string of the molecule is O=C(Nc1ccncc1)C1CC(=O)N(C2CC2)C1. The predicted octanol–water partition coefficient (Wildman–Crippen LogP) is 1.03. The highest BCUT2D eigenvalue weighted by Gasteiger charge is 2.41. The zero-order valence-corrected chi connectivity index (χ0v) is 10.0. The number of hydrogen-bond donors (Lipinski definition) is 1. The molecule has 2 fully saturated rings. The van der Waals surface area contributed by atoms with E-state index >= 15 is 0 Å². The highest BCUT2D eigenvalue weighted by molar-refractivity contribution is 5.97. The fraction of sp³-hybridized carbons (Fsp3) is 0.462. The Morgan fingerprint density at radius 3 is 2.72 bits per heavy atom. The second kappa shape index (κ2) is 4.40. The van der Waals surface area contributed by atoms with Crippen molar-refractivity contribution in [3.8, 4) is 0 Å². The summed E-state index contributed by atoms with van der Waals surface area (Å²) in [5, 5.41) is 2.83. The van der Waals surface area contributed by atoms with Crippen molar-refractivity contribution in [1.82, 2.24) is 9.88 Å². The number of carbonyl (C=O) groups excluding carboxylic acids is 2. The summed E-state index contributed by atoms with van der Waals surface area (Å²) in [5.74, 6) is -0.170. The fourth-order valence-corrected chi connectivity index (χ4v) is 2.33. The Bertz CT molecular complexity index is 470. The molecule has 3 rings (SSSR count). The van der Waals surface area contributed by atoms with Crippen molar-refractivity contribution in [3.05, 3.63) is 24.5 Å². The number of carbonyl (C=O) groups is 2. The van der Waals surface area contributed by atoms with Gasteiger partial charge in [-0.15, -0.1) is 0 Å². The first-order chi connectivity index (χ1) is 8.74. The smallest absolute Gasteiger partial charge is 0.229 e. The van der Waals surface area contributed by atoms with E-state index in [2.05, 4.69) is 10.3 Å². The maximum Gasteiger partial charge on any atom is 0.229 e. The van der Waals surface area contributed by atoms with E-state index in [0.717, 1.165) is 18.5 Å². The number of hydrogen-bond acceptors (Lipinski definition) is 3. The van der Waals surface area contributed by atoms with Crippen LogP contribution in [0.25, 0.3) is 0 Å². The standard InChI is InChI=1S/C13H15N3O2/c17-12-7-9(8-16(12)11-1-2-11)13(18)15-10-3-5-14-6-4-10/h3-6,9,11H,1-2,7-8H2,(H,14,15,18). The molecular formula is C13H15N3O2. The van der Waals surface area contributed by atoms with Gasteiger partial charge in [0.15, 0.2) is 0 Å². The molecule has 0 radical (unpaired) electrons. The summed E-state index contributed by atoms with van der Waals surface area (Å²) in [4.78, 5) is 29.5. The number of likely N-dealkylation sites (tertiary alicyclic amines) is 1. The minimum absolute atomic E-state index is 0.0716. The molecule has 18 heavy (non-hydrogen) atoms. The van der Waals surface area contributed by atoms with Gasteiger partial charge in [-0.25, -0.2) is 0 Å². The zero-order valence-electron chi connectivity index (χ0n) is 10.0. The van der Waals surface area contributed by atoms with E-state index in [0.29, 0.717) is 19.0 Å². The molecule has 1 aromatic heterocycles. The molecule has 5 nitrogen and oxygen atoms in total. The van der Waals surface area contributed by atoms with Crippen LogP contribution >= 0.6 is 0 Å². The van der Waals surface area contributed by atoms with Crippen molar-refractivity contribution < 1.29 is 9.59 Å². The first kappa shape index (κ1) is 11.2. The maximum atomic E-state index is 12.0. The zero-order chi connectivity index (χ0) is 12.5. The third kappa shape index (κ3) is 2.20. The summed E-state index contributed by atoms with van der Waals surface area (Å²) in [6, 6.07) is 3.89. The summed E-state index contributed by atoms with van der Waals surface area (Å²) >= 11 is 0. The molecule has 0 aromatic carbocycles. The average Bonchev–Trinajstić information content (AvgIpc) is 3.14. The third-order valence-electron chi connectivity index (χ3n) is 3.46. The number of rotatable bonds is 3. The van der Waals surface area contributed by atoms with Crippen molar-refractivity contribution in [3.63, 3.8) is 0 Å². The number of aromatic nitrogens is 1. The molecule has 5 heteroatoms. The molecule has 1 atom stereocenters. The quantitative estimate of drug-likeness (QED) is 0.865. The first-order valence-electron chi connectivity index (χ1n) is 6.24. The van der Waals surface area contributed by atoms with Crippen LogP contribution in [-0.4, -0.2) is 34.3 Å². The molecule has 1 saturated heterocycles. The minimum atomic E-state index is -0.216. The minimum Gasteiger partial charge on any atom is -0.339 e. The third-order valence-corrected chi connectivity index (χ3v) is 3.46. The number of nitrogens with zero attached hydrogens (tertiary/aromatic N) is 2. The summed E-state index contributed by atoms with van der Waals surface area (Å²) in [7, 11) is 0. The van der Waals surface area contributed by atoms with E-state index in [9.17, 15) is 9.59 Å². The van der Waals surface area contributed by atoms with E-state index in [-0.39, 0.29) is 17.7 Å². The molecule has 1 aliphatic heterocycles. The van der Waals surface area contributed by atoms with Crippen LogP contribution in [0.5, 0.6) is 0 Å². The second-order valence-electron chi connectivity index (χ2n) is 4.90. The van der Waals surface area contributed by atoms with Gasteiger partial charge in [-0.2, -0.15) is 0 Å². The monoisotopic (exact) mass is 245 g/mol. The summed E-state index contributed by atoms with van der Waals surface area (Å²) in [6.45, 7) is 0.570. The van der Waals surface area contributed by atoms with Crippen LogP contribution in [-0.2, 0) is 9.59 Å². The van der Waals surface area contributed by atoms with Crippen LogP contribution in [0.3, 0.4) is 0 Å². The molecule has 94 valence electrons. The number of amides is 2. The highest BCUT2D eigenvalue weighted by atomic mass is 16.2. The van der Waals surface area contributed by atoms with E-state index in [1.54, 1.807) is 24.5 Å². The molecule has 1 N–H and O–H groups in total. The number of anilines is 1. The van der Waals surface area contributed by atoms with Crippen LogP contribution in [0, 0.1) is 5.92 Å². The van der Waals surface area contributed by atoms with Gasteiger partial charge >= 0.3 is 0 Å². The van der Waals surface area contributed by atoms with Crippen LogP contribution in [0.1, 0.15) is 19.3 Å². The number of pyridine rings is 1. The van der Waals surface area contributed by atoms with Crippen LogP contribution in [0.15, 0.2) is 24.5 Å². The van der Waals surface area contributed by atoms with Gasteiger partial charge < -0.3 is 10.2 Å². The van der Waals surface area contributed by atoms with Crippen molar-refractivity contribution in [2.45, 2.75) is 25.3 Å². The Morgan fingerprint density at radius 1 is 1.33 bits per heavy atom. The molecule has 2 heterocycles. The lowest BCUT2D eigenvalue weighted by Gasteiger charge is -2.15. The average molecular weight is 245 g/mol. The summed E-state index contributed by atoms with van der Waals surface area (Å²) in [6.07, 6.45) is 5.78. The summed E-state index contributed by atoms with van der Waals surface area (Å²) < 4.78 is 0. The van der Waals surface area contributed by atoms with Crippen LogP contribution in [0.4, 0.5) is 5.69 Å². The number of nitrogens with one attached hydrogen (secondary N) is 1. The van der Waals surface area contributed by atoms with Gasteiger partial charge in [-0.1, -0.05) is 0 Å². The Kier molecular flexibility index (Phi) is 2.74. The molecule has 0 spiro atoms. The normalized spacial score (nSPS) is 23.2. The molecule has 0 bridgehead atoms. The maximum absolute atomic E-state index is 12.0. The molecule has 2 amide bonds. The lowest BCUT2D eigenvalue weighted by molar-refractivity contribution is -0.128. The Balaban J connectivity index is 1.62. The van der Waals surface area contributed by atoms with E-state index < -0.39 is 0 Å². The van der Waals surface area contributed by atoms with Gasteiger partial charge in [0.2, 0.25) is 11.8 Å². The predicted molar refractivity (Wildman–Crippen MR) is 65.7 cm³/mol. The van der Waals surface area contributed by atoms with E-state index in [1.807, 2.05) is 4.90 Å². The first-order valence-corrected chi connectivity index (χ1v) is 6.24. The molecule has 1 unspecified atom stereocenters. The Labute approximate surface area is 105 Å². The lowest BCUT2D eigenvalue weighted by Crippen LogP contribution is -2.29. The van der Waals surface area contributed by atoms with Gasteiger partial charge in [-0.05, 0) is 25.0 Å². The lowest BCUT2D eigenvalue weighted by atomic mass is 10.1. The van der Waals surface area contributed by atoms with Gasteiger partial charge in [0.25, 0.3) is 0 Å². The van der Waals surface area contributed by atoms with Gasteiger partial charge in [0.05, 0.1) is 5.92 Å². The topological polar surface area (TPSA) is 62.3 Å². The van der Waals surface area contributed by atoms with Crippen molar-refractivity contribution in [1.29, 1.82) is 0 Å². The van der Waals surface area contributed by atoms with Gasteiger partial charge in [0, 0.05) is 37.1 Å². The second-order valence-corrected chi connectivity index (χ2v) is 4.90. The molecular weight excluding hydrogens is 230 g/mol. The Hall–Kier alpha value is -1.91. The van der Waals surface area contributed by atoms with E-state index in [4.69, 9.17) is 0 Å². The molecule has 2 aliphatic rings. The Morgan fingerprint density at radius 2 is 2.06 bits per heavy atom. The van der Waals surface area contributed by atoms with Gasteiger partial charge in [-0.3, -0.25) is 14.6 Å². The van der Waals surface area contributed by atoms with Crippen LogP contribution < -0.4 is 5.32 Å². The molecule has 1 saturated carbocycles.